The third-order valence-corrected chi connectivity index (χ3v) is 3.93. The van der Waals surface area contributed by atoms with Crippen molar-refractivity contribution in [1.82, 2.24) is 4.98 Å². The minimum Gasteiger partial charge on any atom is -0.497 e. The maximum Gasteiger partial charge on any atom is 0.257 e. The van der Waals surface area contributed by atoms with Crippen molar-refractivity contribution in [2.45, 2.75) is 6.42 Å². The molecule has 0 bridgehead atoms. The number of carbonyl (C=O) groups excluding carboxylic acids is 1. The number of aromatic nitrogens is 1. The second-order valence-corrected chi connectivity index (χ2v) is 5.81. The quantitative estimate of drug-likeness (QED) is 0.678. The van der Waals surface area contributed by atoms with E-state index in [9.17, 15) is 4.79 Å². The van der Waals surface area contributed by atoms with Crippen LogP contribution in [0.4, 0.5) is 11.4 Å². The first-order valence-electron chi connectivity index (χ1n) is 8.43. The zero-order valence-electron chi connectivity index (χ0n) is 14.6. The molecule has 5 heteroatoms. The molecule has 132 valence electrons. The maximum absolute atomic E-state index is 12.3. The van der Waals surface area contributed by atoms with Crippen LogP contribution in [0.2, 0.25) is 0 Å². The molecule has 0 aliphatic rings. The number of nitrogens with one attached hydrogen (secondary N) is 2. The van der Waals surface area contributed by atoms with Gasteiger partial charge in [0.1, 0.15) is 5.75 Å². The molecule has 0 spiro atoms. The van der Waals surface area contributed by atoms with E-state index in [4.69, 9.17) is 4.74 Å². The molecule has 0 atom stereocenters. The van der Waals surface area contributed by atoms with Gasteiger partial charge in [0.2, 0.25) is 0 Å². The van der Waals surface area contributed by atoms with Gasteiger partial charge in [0.05, 0.1) is 18.4 Å². The Kier molecular flexibility index (Phi) is 5.83. The molecule has 3 aromatic rings. The maximum atomic E-state index is 12.3. The minimum absolute atomic E-state index is 0.178. The fraction of sp³-hybridized carbons (Fsp3) is 0.143. The van der Waals surface area contributed by atoms with Crippen molar-refractivity contribution in [3.63, 3.8) is 0 Å². The molecular formula is C21H21N3O2. The van der Waals surface area contributed by atoms with Gasteiger partial charge in [-0.15, -0.1) is 0 Å². The average molecular weight is 347 g/mol. The van der Waals surface area contributed by atoms with Crippen molar-refractivity contribution in [2.75, 3.05) is 24.3 Å². The first kappa shape index (κ1) is 17.5. The number of pyridine rings is 1. The van der Waals surface area contributed by atoms with Crippen molar-refractivity contribution in [3.05, 3.63) is 84.2 Å². The number of anilines is 2. The van der Waals surface area contributed by atoms with E-state index in [0.29, 0.717) is 5.56 Å². The number of carbonyl (C=O) groups is 1. The fourth-order valence-electron chi connectivity index (χ4n) is 2.53. The van der Waals surface area contributed by atoms with E-state index < -0.39 is 0 Å². The first-order chi connectivity index (χ1) is 12.7. The number of ether oxygens (including phenoxy) is 1. The van der Waals surface area contributed by atoms with Gasteiger partial charge in [0, 0.05) is 24.6 Å². The predicted octanol–water partition coefficient (Wildman–Crippen LogP) is 4.00. The molecule has 3 rings (SSSR count). The van der Waals surface area contributed by atoms with Crippen LogP contribution in [0.25, 0.3) is 0 Å². The van der Waals surface area contributed by atoms with Gasteiger partial charge in [-0.05, 0) is 42.3 Å². The summed E-state index contributed by atoms with van der Waals surface area (Å²) in [6.07, 6.45) is 4.14. The Morgan fingerprint density at radius 3 is 2.50 bits per heavy atom. The third kappa shape index (κ3) is 4.83. The topological polar surface area (TPSA) is 63.2 Å². The van der Waals surface area contributed by atoms with E-state index in [1.807, 2.05) is 54.6 Å². The van der Waals surface area contributed by atoms with Crippen LogP contribution in [0.15, 0.2) is 73.1 Å². The number of rotatable bonds is 7. The molecule has 0 saturated carbocycles. The van der Waals surface area contributed by atoms with E-state index in [1.165, 1.54) is 5.56 Å². The van der Waals surface area contributed by atoms with Crippen LogP contribution in [0.5, 0.6) is 5.75 Å². The molecule has 0 radical (unpaired) electrons. The van der Waals surface area contributed by atoms with Crippen LogP contribution in [0, 0.1) is 0 Å². The molecule has 0 aliphatic carbocycles. The van der Waals surface area contributed by atoms with Crippen LogP contribution in [0.1, 0.15) is 15.9 Å². The van der Waals surface area contributed by atoms with Gasteiger partial charge < -0.3 is 15.4 Å². The number of amides is 1. The zero-order valence-corrected chi connectivity index (χ0v) is 14.6. The zero-order chi connectivity index (χ0) is 18.2. The minimum atomic E-state index is -0.178. The molecule has 0 saturated heterocycles. The summed E-state index contributed by atoms with van der Waals surface area (Å²) < 4.78 is 5.16. The average Bonchev–Trinajstić information content (AvgIpc) is 2.69. The molecule has 1 amide bonds. The Balaban J connectivity index is 1.55. The number of nitrogens with zero attached hydrogens (tertiary/aromatic N) is 1. The highest BCUT2D eigenvalue weighted by molar-refractivity contribution is 6.04. The standard InChI is InChI=1S/C21H21N3O2/c1-26-20-9-7-16(8-10-20)11-12-23-19-13-17(14-22-15-19)21(25)24-18-5-3-2-4-6-18/h2-10,13-15,23H,11-12H2,1H3,(H,24,25). The van der Waals surface area contributed by atoms with E-state index in [1.54, 1.807) is 25.6 Å². The van der Waals surface area contributed by atoms with E-state index >= 15 is 0 Å². The molecule has 0 fully saturated rings. The summed E-state index contributed by atoms with van der Waals surface area (Å²) in [5, 5.41) is 6.17. The molecule has 2 N–H and O–H groups in total. The van der Waals surface area contributed by atoms with Gasteiger partial charge in [-0.1, -0.05) is 30.3 Å². The number of para-hydroxylation sites is 1. The highest BCUT2D eigenvalue weighted by atomic mass is 16.5. The molecule has 5 nitrogen and oxygen atoms in total. The Morgan fingerprint density at radius 2 is 1.77 bits per heavy atom. The van der Waals surface area contributed by atoms with E-state index in [0.717, 1.165) is 30.1 Å². The Morgan fingerprint density at radius 1 is 1.00 bits per heavy atom. The lowest BCUT2D eigenvalue weighted by Gasteiger charge is -2.09. The van der Waals surface area contributed by atoms with Crippen molar-refractivity contribution in [1.29, 1.82) is 0 Å². The Hall–Kier alpha value is -3.34. The monoisotopic (exact) mass is 347 g/mol. The van der Waals surface area contributed by atoms with Crippen molar-refractivity contribution < 1.29 is 9.53 Å². The molecular weight excluding hydrogens is 326 g/mol. The molecule has 0 unspecified atom stereocenters. The molecule has 26 heavy (non-hydrogen) atoms. The number of benzene rings is 2. The fourth-order valence-corrected chi connectivity index (χ4v) is 2.53. The largest absolute Gasteiger partial charge is 0.497 e. The second kappa shape index (κ2) is 8.67. The molecule has 0 aliphatic heterocycles. The second-order valence-electron chi connectivity index (χ2n) is 5.81. The van der Waals surface area contributed by atoms with Crippen LogP contribution < -0.4 is 15.4 Å². The van der Waals surface area contributed by atoms with Crippen molar-refractivity contribution in [2.24, 2.45) is 0 Å². The summed E-state index contributed by atoms with van der Waals surface area (Å²) in [6, 6.07) is 19.2. The highest BCUT2D eigenvalue weighted by Gasteiger charge is 2.07. The molecule has 1 heterocycles. The number of methoxy groups -OCH3 is 1. The summed E-state index contributed by atoms with van der Waals surface area (Å²) in [5.74, 6) is 0.672. The smallest absolute Gasteiger partial charge is 0.257 e. The summed E-state index contributed by atoms with van der Waals surface area (Å²) in [7, 11) is 1.66. The van der Waals surface area contributed by atoms with Crippen molar-refractivity contribution >= 4 is 17.3 Å². The first-order valence-corrected chi connectivity index (χ1v) is 8.43. The summed E-state index contributed by atoms with van der Waals surface area (Å²) in [5.41, 5.74) is 3.31. The van der Waals surface area contributed by atoms with E-state index in [-0.39, 0.29) is 5.91 Å². The summed E-state index contributed by atoms with van der Waals surface area (Å²) >= 11 is 0. The van der Waals surface area contributed by atoms with Gasteiger partial charge >= 0.3 is 0 Å². The third-order valence-electron chi connectivity index (χ3n) is 3.93. The van der Waals surface area contributed by atoms with Gasteiger partial charge in [-0.2, -0.15) is 0 Å². The summed E-state index contributed by atoms with van der Waals surface area (Å²) in [6.45, 7) is 0.748. The Bertz CT molecular complexity index is 849. The van der Waals surface area contributed by atoms with Crippen LogP contribution >= 0.6 is 0 Å². The lowest BCUT2D eigenvalue weighted by molar-refractivity contribution is 0.102. The Labute approximate surface area is 153 Å². The summed E-state index contributed by atoms with van der Waals surface area (Å²) in [4.78, 5) is 16.5. The highest BCUT2D eigenvalue weighted by Crippen LogP contribution is 2.14. The van der Waals surface area contributed by atoms with E-state index in [2.05, 4.69) is 15.6 Å². The van der Waals surface area contributed by atoms with Gasteiger partial charge in [0.25, 0.3) is 5.91 Å². The van der Waals surface area contributed by atoms with Crippen LogP contribution in [0.3, 0.4) is 0 Å². The van der Waals surface area contributed by atoms with Crippen LogP contribution in [-0.4, -0.2) is 24.5 Å². The molecule has 2 aromatic carbocycles. The van der Waals surface area contributed by atoms with Crippen LogP contribution in [-0.2, 0) is 6.42 Å². The van der Waals surface area contributed by atoms with Gasteiger partial charge in [-0.25, -0.2) is 0 Å². The van der Waals surface area contributed by atoms with Gasteiger partial charge in [-0.3, -0.25) is 9.78 Å². The van der Waals surface area contributed by atoms with Crippen molar-refractivity contribution in [3.8, 4) is 5.75 Å². The number of hydrogen-bond donors (Lipinski definition) is 2. The lowest BCUT2D eigenvalue weighted by Crippen LogP contribution is -2.13. The molecule has 1 aromatic heterocycles. The lowest BCUT2D eigenvalue weighted by atomic mass is 10.1. The number of hydrogen-bond acceptors (Lipinski definition) is 4. The predicted molar refractivity (Wildman–Crippen MR) is 104 cm³/mol. The SMILES string of the molecule is COc1ccc(CCNc2cncc(C(=O)Nc3ccccc3)c2)cc1. The normalized spacial score (nSPS) is 10.2. The van der Waals surface area contributed by atoms with Gasteiger partial charge in [0.15, 0.2) is 0 Å².